The monoisotopic (exact) mass is 254 g/mol. The molecule has 0 saturated carbocycles. The fourth-order valence-corrected chi connectivity index (χ4v) is 1.98. The van der Waals surface area contributed by atoms with Crippen LogP contribution in [-0.2, 0) is 13.5 Å². The van der Waals surface area contributed by atoms with E-state index in [4.69, 9.17) is 11.6 Å². The van der Waals surface area contributed by atoms with Crippen LogP contribution in [0.1, 0.15) is 17.2 Å². The van der Waals surface area contributed by atoms with Crippen LogP contribution in [0.2, 0.25) is 5.02 Å². The van der Waals surface area contributed by atoms with E-state index in [9.17, 15) is 9.50 Å². The highest BCUT2D eigenvalue weighted by molar-refractivity contribution is 6.31. The Hall–Kier alpha value is -1.39. The third kappa shape index (κ3) is 2.84. The van der Waals surface area contributed by atoms with Crippen molar-refractivity contribution >= 4 is 11.6 Å². The molecule has 1 unspecified atom stereocenters. The van der Waals surface area contributed by atoms with Crippen LogP contribution >= 0.6 is 11.6 Å². The average Bonchev–Trinajstić information content (AvgIpc) is 2.63. The molecular weight excluding hydrogens is 243 g/mol. The zero-order valence-electron chi connectivity index (χ0n) is 9.27. The van der Waals surface area contributed by atoms with Crippen LogP contribution in [0.5, 0.6) is 0 Å². The SMILES string of the molecule is Cn1cc(CC(O)c2ccc(F)cc2Cl)cn1. The molecule has 0 aliphatic carbocycles. The second-order valence-electron chi connectivity index (χ2n) is 3.91. The average molecular weight is 255 g/mol. The molecule has 1 aromatic carbocycles. The van der Waals surface area contributed by atoms with Crippen LogP contribution in [0.15, 0.2) is 30.6 Å². The summed E-state index contributed by atoms with van der Waals surface area (Å²) in [5, 5.41) is 14.3. The molecule has 3 nitrogen and oxygen atoms in total. The molecule has 1 aromatic heterocycles. The van der Waals surface area contributed by atoms with Crippen molar-refractivity contribution < 1.29 is 9.50 Å². The van der Waals surface area contributed by atoms with E-state index in [0.29, 0.717) is 12.0 Å². The van der Waals surface area contributed by atoms with Gasteiger partial charge in [0.25, 0.3) is 0 Å². The molecule has 17 heavy (non-hydrogen) atoms. The first kappa shape index (κ1) is 12.1. The van der Waals surface area contributed by atoms with E-state index in [1.54, 1.807) is 17.9 Å². The number of hydrogen-bond donors (Lipinski definition) is 1. The predicted molar refractivity (Wildman–Crippen MR) is 63.3 cm³/mol. The number of aryl methyl sites for hydroxylation is 1. The first-order valence-electron chi connectivity index (χ1n) is 5.17. The predicted octanol–water partition coefficient (Wildman–Crippen LogP) is 2.49. The highest BCUT2D eigenvalue weighted by Gasteiger charge is 2.13. The number of rotatable bonds is 3. The molecule has 2 rings (SSSR count). The normalized spacial score (nSPS) is 12.7. The first-order valence-corrected chi connectivity index (χ1v) is 5.54. The molecule has 0 aliphatic heterocycles. The lowest BCUT2D eigenvalue weighted by molar-refractivity contribution is 0.178. The van der Waals surface area contributed by atoms with Gasteiger partial charge >= 0.3 is 0 Å². The van der Waals surface area contributed by atoms with Crippen molar-refractivity contribution in [1.29, 1.82) is 0 Å². The fraction of sp³-hybridized carbons (Fsp3) is 0.250. The Morgan fingerprint density at radius 3 is 2.88 bits per heavy atom. The summed E-state index contributed by atoms with van der Waals surface area (Å²) in [6.45, 7) is 0. The molecule has 5 heteroatoms. The van der Waals surface area contributed by atoms with Crippen LogP contribution in [0.25, 0.3) is 0 Å². The Labute approximate surface area is 103 Å². The van der Waals surface area contributed by atoms with Gasteiger partial charge in [0.1, 0.15) is 5.82 Å². The largest absolute Gasteiger partial charge is 0.388 e. The van der Waals surface area contributed by atoms with E-state index < -0.39 is 11.9 Å². The number of hydrogen-bond acceptors (Lipinski definition) is 2. The smallest absolute Gasteiger partial charge is 0.124 e. The maximum atomic E-state index is 12.9. The number of halogens is 2. The zero-order valence-corrected chi connectivity index (χ0v) is 10.0. The standard InChI is InChI=1S/C12H12ClFN2O/c1-16-7-8(6-15-16)4-12(17)10-3-2-9(14)5-11(10)13/h2-3,5-7,12,17H,4H2,1H3. The van der Waals surface area contributed by atoms with Crippen molar-refractivity contribution in [2.75, 3.05) is 0 Å². The highest BCUT2D eigenvalue weighted by Crippen LogP contribution is 2.26. The van der Waals surface area contributed by atoms with Crippen molar-refractivity contribution in [3.8, 4) is 0 Å². The summed E-state index contributed by atoms with van der Waals surface area (Å²) in [6, 6.07) is 3.98. The molecule has 0 bridgehead atoms. The fourth-order valence-electron chi connectivity index (χ4n) is 1.68. The minimum Gasteiger partial charge on any atom is -0.388 e. The zero-order chi connectivity index (χ0) is 12.4. The molecule has 0 fully saturated rings. The van der Waals surface area contributed by atoms with Crippen molar-refractivity contribution in [3.05, 3.63) is 52.6 Å². The van der Waals surface area contributed by atoms with Gasteiger partial charge in [-0.2, -0.15) is 5.10 Å². The molecule has 1 N–H and O–H groups in total. The Morgan fingerprint density at radius 2 is 2.29 bits per heavy atom. The van der Waals surface area contributed by atoms with Crippen LogP contribution in [0.4, 0.5) is 4.39 Å². The van der Waals surface area contributed by atoms with E-state index in [1.807, 2.05) is 6.20 Å². The van der Waals surface area contributed by atoms with Crippen LogP contribution < -0.4 is 0 Å². The number of nitrogens with zero attached hydrogens (tertiary/aromatic N) is 2. The number of aromatic nitrogens is 2. The topological polar surface area (TPSA) is 38.0 Å². The molecule has 1 atom stereocenters. The van der Waals surface area contributed by atoms with Crippen molar-refractivity contribution in [2.45, 2.75) is 12.5 Å². The van der Waals surface area contributed by atoms with Gasteiger partial charge in [-0.05, 0) is 23.3 Å². The summed E-state index contributed by atoms with van der Waals surface area (Å²) in [6.07, 6.45) is 3.15. The summed E-state index contributed by atoms with van der Waals surface area (Å²) < 4.78 is 14.5. The number of benzene rings is 1. The van der Waals surface area contributed by atoms with Crippen LogP contribution in [0.3, 0.4) is 0 Å². The summed E-state index contributed by atoms with van der Waals surface area (Å²) in [5.74, 6) is -0.410. The van der Waals surface area contributed by atoms with Gasteiger partial charge in [0.2, 0.25) is 0 Å². The second kappa shape index (κ2) is 4.85. The van der Waals surface area contributed by atoms with E-state index in [1.165, 1.54) is 18.2 Å². The van der Waals surface area contributed by atoms with Gasteiger partial charge in [-0.3, -0.25) is 4.68 Å². The molecule has 90 valence electrons. The summed E-state index contributed by atoms with van der Waals surface area (Å²) in [5.41, 5.74) is 1.43. The van der Waals surface area contributed by atoms with Gasteiger partial charge in [-0.15, -0.1) is 0 Å². The molecule has 0 amide bonds. The van der Waals surface area contributed by atoms with Crippen molar-refractivity contribution in [2.24, 2.45) is 7.05 Å². The highest BCUT2D eigenvalue weighted by atomic mass is 35.5. The lowest BCUT2D eigenvalue weighted by Crippen LogP contribution is -2.02. The maximum Gasteiger partial charge on any atom is 0.124 e. The summed E-state index contributed by atoms with van der Waals surface area (Å²) in [7, 11) is 1.81. The summed E-state index contributed by atoms with van der Waals surface area (Å²) in [4.78, 5) is 0. The maximum absolute atomic E-state index is 12.9. The molecule has 0 radical (unpaired) electrons. The Morgan fingerprint density at radius 1 is 1.53 bits per heavy atom. The molecule has 0 saturated heterocycles. The van der Waals surface area contributed by atoms with Gasteiger partial charge in [0.05, 0.1) is 12.3 Å². The van der Waals surface area contributed by atoms with Crippen LogP contribution in [0, 0.1) is 5.82 Å². The van der Waals surface area contributed by atoms with E-state index in [0.717, 1.165) is 5.56 Å². The van der Waals surface area contributed by atoms with Crippen molar-refractivity contribution in [3.63, 3.8) is 0 Å². The third-order valence-corrected chi connectivity index (χ3v) is 2.84. The van der Waals surface area contributed by atoms with Gasteiger partial charge in [-0.25, -0.2) is 4.39 Å². The molecular formula is C12H12ClFN2O. The molecule has 1 heterocycles. The van der Waals surface area contributed by atoms with E-state index in [-0.39, 0.29) is 5.02 Å². The molecule has 2 aromatic rings. The lowest BCUT2D eigenvalue weighted by Gasteiger charge is -2.11. The Bertz CT molecular complexity index is 527. The van der Waals surface area contributed by atoms with Gasteiger partial charge < -0.3 is 5.11 Å². The lowest BCUT2D eigenvalue weighted by atomic mass is 10.0. The Kier molecular flexibility index (Phi) is 3.45. The molecule has 0 aliphatic rings. The van der Waals surface area contributed by atoms with Gasteiger partial charge in [0, 0.05) is 24.7 Å². The first-order chi connectivity index (χ1) is 8.06. The Balaban J connectivity index is 2.17. The van der Waals surface area contributed by atoms with Gasteiger partial charge in [0.15, 0.2) is 0 Å². The minimum atomic E-state index is -0.757. The second-order valence-corrected chi connectivity index (χ2v) is 4.32. The van der Waals surface area contributed by atoms with Crippen molar-refractivity contribution in [1.82, 2.24) is 9.78 Å². The van der Waals surface area contributed by atoms with E-state index >= 15 is 0 Å². The van der Waals surface area contributed by atoms with E-state index in [2.05, 4.69) is 5.10 Å². The third-order valence-electron chi connectivity index (χ3n) is 2.51. The number of aliphatic hydroxyl groups excluding tert-OH is 1. The molecule has 0 spiro atoms. The van der Waals surface area contributed by atoms with Gasteiger partial charge in [-0.1, -0.05) is 17.7 Å². The van der Waals surface area contributed by atoms with Crippen LogP contribution in [-0.4, -0.2) is 14.9 Å². The number of aliphatic hydroxyl groups is 1. The summed E-state index contributed by atoms with van der Waals surface area (Å²) >= 11 is 5.87. The minimum absolute atomic E-state index is 0.237. The quantitative estimate of drug-likeness (QED) is 0.914.